The lowest BCUT2D eigenvalue weighted by Gasteiger charge is -2.46. The minimum atomic E-state index is -2.11. The van der Waals surface area contributed by atoms with E-state index in [1.165, 1.54) is 4.90 Å². The lowest BCUT2D eigenvalue weighted by molar-refractivity contribution is -0.182. The molecule has 184 valence electrons. The molecule has 1 amide bonds. The number of dihydropyridines is 1. The zero-order valence-electron chi connectivity index (χ0n) is 20.1. The van der Waals surface area contributed by atoms with Crippen LogP contribution >= 0.6 is 0 Å². The Morgan fingerprint density at radius 2 is 2.09 bits per heavy atom. The third-order valence-corrected chi connectivity index (χ3v) is 9.11. The number of nitrogens with one attached hydrogen (secondary N) is 1. The van der Waals surface area contributed by atoms with Crippen molar-refractivity contribution in [2.45, 2.75) is 51.4 Å². The molecule has 1 aliphatic heterocycles. The molecule has 0 aromatic rings. The number of allylic oxidation sites excluding steroid dienone is 3. The normalized spacial score (nSPS) is 41.6. The number of aliphatic hydroxyl groups excluding tert-OH is 2. The van der Waals surface area contributed by atoms with Crippen molar-refractivity contribution in [3.8, 4) is 0 Å². The number of carbonyl (C=O) groups excluding carboxylic acids is 2. The fraction of sp³-hybridized carbons (Fsp3) is 0.615. The molecule has 0 saturated heterocycles. The number of Topliss-reactive ketones (excluding diaryl/α,β-unsaturated/α-hetero) is 1. The standard InChI is InChI=1S/C26H34N2O6/c1-14-12-25-9-8-17-19(24(17,2)3)16(21(25)31)11-15(13-29)20(30)26(25,33)22(14)34-23(32)28(4)18-7-5-6-10-27-18/h5-7,11-12,16-17,19-20,22,27,29-30,33H,8-10,13H2,1-4H3/t16-,17+,19?,20+,22-,25+,26-/m0/s1. The monoisotopic (exact) mass is 470 g/mol. The molecule has 0 radical (unpaired) electrons. The van der Waals surface area contributed by atoms with Gasteiger partial charge in [-0.05, 0) is 54.2 Å². The number of carbonyl (C=O) groups is 2. The summed E-state index contributed by atoms with van der Waals surface area (Å²) in [6.07, 6.45) is 6.41. The van der Waals surface area contributed by atoms with E-state index in [-0.39, 0.29) is 22.7 Å². The van der Waals surface area contributed by atoms with Gasteiger partial charge in [-0.1, -0.05) is 38.2 Å². The summed E-state index contributed by atoms with van der Waals surface area (Å²) >= 11 is 0. The Bertz CT molecular complexity index is 1060. The summed E-state index contributed by atoms with van der Waals surface area (Å²) in [5.74, 6) is 0.269. The number of nitrogens with zero attached hydrogens (tertiary/aromatic N) is 1. The molecule has 4 aliphatic carbocycles. The van der Waals surface area contributed by atoms with Gasteiger partial charge in [0.25, 0.3) is 0 Å². The van der Waals surface area contributed by atoms with Gasteiger partial charge >= 0.3 is 6.09 Å². The Balaban J connectivity index is 1.54. The van der Waals surface area contributed by atoms with Crippen molar-refractivity contribution < 1.29 is 29.6 Å². The molecule has 2 saturated carbocycles. The second kappa shape index (κ2) is 7.54. The van der Waals surface area contributed by atoms with Gasteiger partial charge in [-0.2, -0.15) is 0 Å². The van der Waals surface area contributed by atoms with Crippen LogP contribution in [0, 0.1) is 28.6 Å². The Hall–Kier alpha value is -2.42. The second-order valence-corrected chi connectivity index (χ2v) is 11.1. The number of rotatable bonds is 3. The van der Waals surface area contributed by atoms with Crippen molar-refractivity contribution in [3.63, 3.8) is 0 Å². The lowest BCUT2D eigenvalue weighted by Crippen LogP contribution is -2.64. The fourth-order valence-corrected chi connectivity index (χ4v) is 7.17. The number of ether oxygens (including phenoxy) is 1. The molecule has 2 bridgehead atoms. The Morgan fingerprint density at radius 3 is 2.74 bits per heavy atom. The Kier molecular flexibility index (Phi) is 5.17. The first-order valence-corrected chi connectivity index (χ1v) is 12.0. The largest absolute Gasteiger partial charge is 0.438 e. The van der Waals surface area contributed by atoms with Crippen LogP contribution in [0.2, 0.25) is 0 Å². The van der Waals surface area contributed by atoms with E-state index in [2.05, 4.69) is 19.2 Å². The van der Waals surface area contributed by atoms with Crippen molar-refractivity contribution in [1.82, 2.24) is 10.2 Å². The first kappa shape index (κ1) is 23.3. The van der Waals surface area contributed by atoms with Crippen LogP contribution < -0.4 is 5.32 Å². The van der Waals surface area contributed by atoms with E-state index >= 15 is 0 Å². The minimum absolute atomic E-state index is 0.0203. The molecule has 1 heterocycles. The second-order valence-electron chi connectivity index (χ2n) is 11.1. The average molecular weight is 471 g/mol. The minimum Gasteiger partial charge on any atom is -0.438 e. The van der Waals surface area contributed by atoms with Crippen molar-refractivity contribution in [1.29, 1.82) is 0 Å². The maximum absolute atomic E-state index is 14.1. The first-order valence-electron chi connectivity index (χ1n) is 12.0. The van der Waals surface area contributed by atoms with Gasteiger partial charge < -0.3 is 25.4 Å². The van der Waals surface area contributed by atoms with Crippen molar-refractivity contribution in [3.05, 3.63) is 47.3 Å². The predicted molar refractivity (Wildman–Crippen MR) is 124 cm³/mol. The van der Waals surface area contributed by atoms with Gasteiger partial charge in [-0.15, -0.1) is 0 Å². The molecule has 8 heteroatoms. The van der Waals surface area contributed by atoms with Gasteiger partial charge in [-0.3, -0.25) is 9.69 Å². The molecule has 0 aromatic carbocycles. The zero-order valence-corrected chi connectivity index (χ0v) is 20.1. The van der Waals surface area contributed by atoms with Crippen molar-refractivity contribution in [2.75, 3.05) is 20.2 Å². The number of hydrogen-bond acceptors (Lipinski definition) is 7. The van der Waals surface area contributed by atoms with E-state index in [0.29, 0.717) is 30.3 Å². The van der Waals surface area contributed by atoms with Crippen LogP contribution in [0.3, 0.4) is 0 Å². The van der Waals surface area contributed by atoms with E-state index in [4.69, 9.17) is 4.74 Å². The maximum atomic E-state index is 14.1. The van der Waals surface area contributed by atoms with Gasteiger partial charge in [0.15, 0.2) is 17.5 Å². The molecular weight excluding hydrogens is 436 g/mol. The van der Waals surface area contributed by atoms with Crippen molar-refractivity contribution in [2.24, 2.45) is 28.6 Å². The molecule has 7 atom stereocenters. The van der Waals surface area contributed by atoms with Crippen LogP contribution in [0.25, 0.3) is 0 Å². The fourth-order valence-electron chi connectivity index (χ4n) is 7.17. The van der Waals surface area contributed by atoms with Crippen molar-refractivity contribution >= 4 is 11.9 Å². The summed E-state index contributed by atoms with van der Waals surface area (Å²) in [5.41, 5.74) is -2.80. The predicted octanol–water partition coefficient (Wildman–Crippen LogP) is 1.65. The topological polar surface area (TPSA) is 119 Å². The Morgan fingerprint density at radius 1 is 1.35 bits per heavy atom. The van der Waals surface area contributed by atoms with Gasteiger partial charge in [-0.25, -0.2) is 4.79 Å². The third kappa shape index (κ3) is 2.88. The molecule has 1 unspecified atom stereocenters. The quantitative estimate of drug-likeness (QED) is 0.463. The summed E-state index contributed by atoms with van der Waals surface area (Å²) in [6, 6.07) is 0. The van der Waals surface area contributed by atoms with E-state index < -0.39 is 41.8 Å². The molecule has 5 aliphatic rings. The summed E-state index contributed by atoms with van der Waals surface area (Å²) < 4.78 is 5.83. The van der Waals surface area contributed by atoms with Crippen LogP contribution in [0.15, 0.2) is 47.3 Å². The molecule has 0 aromatic heterocycles. The number of amides is 1. The van der Waals surface area contributed by atoms with Gasteiger partial charge in [0.05, 0.1) is 12.0 Å². The van der Waals surface area contributed by atoms with Gasteiger partial charge in [0, 0.05) is 19.5 Å². The number of ketones is 1. The highest BCUT2D eigenvalue weighted by atomic mass is 16.6. The number of fused-ring (bicyclic) bond motifs is 3. The highest BCUT2D eigenvalue weighted by molar-refractivity contribution is 5.95. The average Bonchev–Trinajstić information content (AvgIpc) is 3.35. The Labute approximate surface area is 199 Å². The third-order valence-electron chi connectivity index (χ3n) is 9.11. The van der Waals surface area contributed by atoms with Crippen LogP contribution in [0.5, 0.6) is 0 Å². The summed E-state index contributed by atoms with van der Waals surface area (Å²) in [7, 11) is 1.55. The molecule has 1 spiro atoms. The summed E-state index contributed by atoms with van der Waals surface area (Å²) in [4.78, 5) is 28.5. The zero-order chi connectivity index (χ0) is 24.6. The molecule has 8 nitrogen and oxygen atoms in total. The summed E-state index contributed by atoms with van der Waals surface area (Å²) in [5, 5.41) is 36.9. The molecule has 5 rings (SSSR count). The van der Waals surface area contributed by atoms with Crippen LogP contribution in [-0.2, 0) is 9.53 Å². The van der Waals surface area contributed by atoms with Crippen LogP contribution in [0.4, 0.5) is 4.79 Å². The first-order chi connectivity index (χ1) is 16.0. The number of aliphatic hydroxyl groups is 3. The van der Waals surface area contributed by atoms with Crippen LogP contribution in [-0.4, -0.2) is 70.1 Å². The summed E-state index contributed by atoms with van der Waals surface area (Å²) in [6.45, 7) is 6.08. The van der Waals surface area contributed by atoms with Gasteiger partial charge in [0.2, 0.25) is 0 Å². The smallest absolute Gasteiger partial charge is 0.415 e. The molecule has 34 heavy (non-hydrogen) atoms. The van der Waals surface area contributed by atoms with E-state index in [9.17, 15) is 24.9 Å². The molecule has 2 fully saturated rings. The van der Waals surface area contributed by atoms with Crippen LogP contribution in [0.1, 0.15) is 33.6 Å². The van der Waals surface area contributed by atoms with Gasteiger partial charge in [0.1, 0.15) is 11.9 Å². The van der Waals surface area contributed by atoms with E-state index in [1.54, 1.807) is 32.2 Å². The molecular formula is C26H34N2O6. The maximum Gasteiger partial charge on any atom is 0.415 e. The highest BCUT2D eigenvalue weighted by Crippen LogP contribution is 2.70. The molecule has 4 N–H and O–H groups in total. The lowest BCUT2D eigenvalue weighted by atomic mass is 9.63. The van der Waals surface area contributed by atoms with E-state index in [1.807, 2.05) is 12.2 Å². The SMILES string of the molecule is CC1=C[C@@]23CC[C@@H]4C([C@H](C=C(CO)[C@@H](O)[C@]2(O)[C@H]1OC(=O)N(C)C1=CC=CCN1)C3=O)C4(C)C. The number of hydrogen-bond donors (Lipinski definition) is 4. The highest BCUT2D eigenvalue weighted by Gasteiger charge is 2.74. The van der Waals surface area contributed by atoms with E-state index in [0.717, 1.165) is 6.42 Å².